The molecule has 0 aromatic heterocycles. The summed E-state index contributed by atoms with van der Waals surface area (Å²) in [5.74, 6) is 0.265. The first-order valence-corrected chi connectivity index (χ1v) is 7.26. The molecule has 1 aliphatic rings. The number of benzene rings is 1. The lowest BCUT2D eigenvalue weighted by Crippen LogP contribution is -2.45. The molecule has 1 unspecified atom stereocenters. The monoisotopic (exact) mass is 296 g/mol. The van der Waals surface area contributed by atoms with Gasteiger partial charge in [-0.25, -0.2) is 0 Å². The summed E-state index contributed by atoms with van der Waals surface area (Å²) in [6.07, 6.45) is 2.99. The van der Waals surface area contributed by atoms with Crippen LogP contribution in [0, 0.1) is 0 Å². The summed E-state index contributed by atoms with van der Waals surface area (Å²) in [5.41, 5.74) is 1.13. The molecule has 0 radical (unpaired) electrons. The normalized spacial score (nSPS) is 17.1. The summed E-state index contributed by atoms with van der Waals surface area (Å²) in [4.78, 5) is 14.7. The van der Waals surface area contributed by atoms with Crippen molar-refractivity contribution in [3.05, 3.63) is 35.9 Å². The van der Waals surface area contributed by atoms with Crippen LogP contribution in [0.2, 0.25) is 0 Å². The number of nitrogens with zero attached hydrogens (tertiary/aromatic N) is 1. The number of hydrogen-bond acceptors (Lipinski definition) is 2. The number of halogens is 1. The van der Waals surface area contributed by atoms with Crippen LogP contribution in [0.25, 0.3) is 0 Å². The summed E-state index contributed by atoms with van der Waals surface area (Å²) in [7, 11) is 1.96. The molecule has 0 saturated carbocycles. The van der Waals surface area contributed by atoms with Gasteiger partial charge in [0.25, 0.3) is 0 Å². The molecular weight excluding hydrogens is 272 g/mol. The highest BCUT2D eigenvalue weighted by atomic mass is 35.5. The molecule has 1 heterocycles. The van der Waals surface area contributed by atoms with Gasteiger partial charge in [0.05, 0.1) is 5.92 Å². The Morgan fingerprint density at radius 2 is 1.90 bits per heavy atom. The Labute approximate surface area is 128 Å². The first-order valence-electron chi connectivity index (χ1n) is 7.26. The summed E-state index contributed by atoms with van der Waals surface area (Å²) >= 11 is 0. The molecular formula is C16H25ClN2O. The zero-order chi connectivity index (χ0) is 13.7. The van der Waals surface area contributed by atoms with Crippen LogP contribution in [-0.4, -0.2) is 37.0 Å². The van der Waals surface area contributed by atoms with Gasteiger partial charge >= 0.3 is 0 Å². The Hall–Kier alpha value is -1.06. The molecule has 20 heavy (non-hydrogen) atoms. The highest BCUT2D eigenvalue weighted by Gasteiger charge is 2.27. The molecule has 0 bridgehead atoms. The Balaban J connectivity index is 0.00000200. The average molecular weight is 297 g/mol. The Bertz CT molecular complexity index is 404. The van der Waals surface area contributed by atoms with Gasteiger partial charge in [-0.2, -0.15) is 0 Å². The average Bonchev–Trinajstić information content (AvgIpc) is 2.49. The van der Waals surface area contributed by atoms with Crippen molar-refractivity contribution in [3.63, 3.8) is 0 Å². The standard InChI is InChI=1S/C16H24N2O.ClH/c1-3-15(13-7-5-4-6-8-13)16(19)18(2)14-9-11-17-12-10-14;/h4-8,14-15,17H,3,9-12H2,1-2H3;1H. The van der Waals surface area contributed by atoms with E-state index in [1.165, 1.54) is 0 Å². The largest absolute Gasteiger partial charge is 0.342 e. The van der Waals surface area contributed by atoms with Crippen LogP contribution in [-0.2, 0) is 4.79 Å². The number of likely N-dealkylation sites (N-methyl/N-ethyl adjacent to an activating group) is 1. The molecule has 0 spiro atoms. The Morgan fingerprint density at radius 3 is 2.45 bits per heavy atom. The zero-order valence-electron chi connectivity index (χ0n) is 12.3. The second-order valence-electron chi connectivity index (χ2n) is 5.30. The topological polar surface area (TPSA) is 32.3 Å². The van der Waals surface area contributed by atoms with E-state index in [9.17, 15) is 4.79 Å². The van der Waals surface area contributed by atoms with Gasteiger partial charge in [-0.05, 0) is 37.9 Å². The summed E-state index contributed by atoms with van der Waals surface area (Å²) in [6.45, 7) is 4.13. The molecule has 0 aliphatic carbocycles. The van der Waals surface area contributed by atoms with Gasteiger partial charge < -0.3 is 10.2 Å². The van der Waals surface area contributed by atoms with Gasteiger partial charge in [-0.1, -0.05) is 37.3 Å². The van der Waals surface area contributed by atoms with Gasteiger partial charge in [-0.3, -0.25) is 4.79 Å². The molecule has 1 aromatic carbocycles. The fraction of sp³-hybridized carbons (Fsp3) is 0.562. The lowest BCUT2D eigenvalue weighted by molar-refractivity contribution is -0.134. The molecule has 4 heteroatoms. The predicted molar refractivity (Wildman–Crippen MR) is 85.4 cm³/mol. The maximum atomic E-state index is 12.7. The maximum Gasteiger partial charge on any atom is 0.230 e. The molecule has 1 fully saturated rings. The number of piperidine rings is 1. The number of hydrogen-bond donors (Lipinski definition) is 1. The van der Waals surface area contributed by atoms with Crippen LogP contribution in [0.15, 0.2) is 30.3 Å². The molecule has 1 saturated heterocycles. The summed E-state index contributed by atoms with van der Waals surface area (Å²) < 4.78 is 0. The van der Waals surface area contributed by atoms with Gasteiger partial charge in [-0.15, -0.1) is 12.4 Å². The smallest absolute Gasteiger partial charge is 0.230 e. The van der Waals surface area contributed by atoms with Crippen molar-refractivity contribution in [2.75, 3.05) is 20.1 Å². The van der Waals surface area contributed by atoms with E-state index < -0.39 is 0 Å². The summed E-state index contributed by atoms with van der Waals surface area (Å²) in [5, 5.41) is 3.35. The van der Waals surface area contributed by atoms with Gasteiger partial charge in [0.2, 0.25) is 5.91 Å². The van der Waals surface area contributed by atoms with Gasteiger partial charge in [0.15, 0.2) is 0 Å². The number of nitrogens with one attached hydrogen (secondary N) is 1. The molecule has 1 atom stereocenters. The van der Waals surface area contributed by atoms with Crippen LogP contribution in [0.4, 0.5) is 0 Å². The minimum absolute atomic E-state index is 0. The number of amides is 1. The third-order valence-corrected chi connectivity index (χ3v) is 4.11. The van der Waals surface area contributed by atoms with E-state index in [-0.39, 0.29) is 24.2 Å². The van der Waals surface area contributed by atoms with E-state index in [4.69, 9.17) is 0 Å². The summed E-state index contributed by atoms with van der Waals surface area (Å²) in [6, 6.07) is 10.5. The van der Waals surface area contributed by atoms with Crippen molar-refractivity contribution in [1.29, 1.82) is 0 Å². The second-order valence-corrected chi connectivity index (χ2v) is 5.30. The van der Waals surface area contributed by atoms with E-state index in [2.05, 4.69) is 24.4 Å². The predicted octanol–water partition coefficient (Wildman–Crippen LogP) is 2.81. The SMILES string of the molecule is CCC(C(=O)N(C)C1CCNCC1)c1ccccc1.Cl. The highest BCUT2D eigenvalue weighted by molar-refractivity contribution is 5.85. The highest BCUT2D eigenvalue weighted by Crippen LogP contribution is 2.23. The first-order chi connectivity index (χ1) is 9.24. The van der Waals surface area contributed by atoms with Gasteiger partial charge in [0.1, 0.15) is 0 Å². The minimum Gasteiger partial charge on any atom is -0.342 e. The third-order valence-electron chi connectivity index (χ3n) is 4.11. The van der Waals surface area contributed by atoms with Crippen LogP contribution in [0.3, 0.4) is 0 Å². The van der Waals surface area contributed by atoms with E-state index in [0.717, 1.165) is 37.9 Å². The number of rotatable bonds is 4. The van der Waals surface area contributed by atoms with Crippen molar-refractivity contribution in [2.45, 2.75) is 38.1 Å². The van der Waals surface area contributed by atoms with Crippen LogP contribution in [0.1, 0.15) is 37.7 Å². The van der Waals surface area contributed by atoms with Crippen molar-refractivity contribution >= 4 is 18.3 Å². The molecule has 112 valence electrons. The molecule has 1 aliphatic heterocycles. The number of carbonyl (C=O) groups excluding carboxylic acids is 1. The first kappa shape index (κ1) is 17.0. The minimum atomic E-state index is 0. The van der Waals surface area contributed by atoms with E-state index in [1.54, 1.807) is 0 Å². The zero-order valence-corrected chi connectivity index (χ0v) is 13.2. The molecule has 2 rings (SSSR count). The fourth-order valence-corrected chi connectivity index (χ4v) is 2.86. The Morgan fingerprint density at radius 1 is 1.30 bits per heavy atom. The second kappa shape index (κ2) is 8.28. The lowest BCUT2D eigenvalue weighted by Gasteiger charge is -2.34. The van der Waals surface area contributed by atoms with Crippen molar-refractivity contribution < 1.29 is 4.79 Å². The van der Waals surface area contributed by atoms with Gasteiger partial charge in [0, 0.05) is 13.1 Å². The van der Waals surface area contributed by atoms with Crippen molar-refractivity contribution in [1.82, 2.24) is 10.2 Å². The molecule has 1 N–H and O–H groups in total. The van der Waals surface area contributed by atoms with Crippen molar-refractivity contribution in [3.8, 4) is 0 Å². The van der Waals surface area contributed by atoms with Crippen LogP contribution >= 0.6 is 12.4 Å². The third kappa shape index (κ3) is 3.97. The molecule has 3 nitrogen and oxygen atoms in total. The van der Waals surface area contributed by atoms with E-state index >= 15 is 0 Å². The maximum absolute atomic E-state index is 12.7. The molecule has 1 aromatic rings. The molecule has 1 amide bonds. The number of carbonyl (C=O) groups is 1. The van der Waals surface area contributed by atoms with Crippen LogP contribution in [0.5, 0.6) is 0 Å². The van der Waals surface area contributed by atoms with E-state index in [0.29, 0.717) is 6.04 Å². The fourth-order valence-electron chi connectivity index (χ4n) is 2.86. The lowest BCUT2D eigenvalue weighted by atomic mass is 9.93. The van der Waals surface area contributed by atoms with Crippen LogP contribution < -0.4 is 5.32 Å². The van der Waals surface area contributed by atoms with Crippen molar-refractivity contribution in [2.24, 2.45) is 0 Å². The van der Waals surface area contributed by atoms with E-state index in [1.807, 2.05) is 30.1 Å². The quantitative estimate of drug-likeness (QED) is 0.927. The Kier molecular flexibility index (Phi) is 7.03.